The third kappa shape index (κ3) is 4.39. The van der Waals surface area contributed by atoms with E-state index in [1.807, 2.05) is 13.1 Å². The van der Waals surface area contributed by atoms with Crippen LogP contribution in [0.5, 0.6) is 0 Å². The molecule has 0 aliphatic rings. The SMILES string of the molecule is Cn1cnnc1-c1cnc(N)c(-c2ccc(C(=O)NCc3cccc(Cl)c3)c(F)c2)c1. The van der Waals surface area contributed by atoms with Gasteiger partial charge in [-0.1, -0.05) is 29.8 Å². The van der Waals surface area contributed by atoms with Gasteiger partial charge in [0.15, 0.2) is 5.82 Å². The van der Waals surface area contributed by atoms with Crippen molar-refractivity contribution in [2.24, 2.45) is 7.05 Å². The van der Waals surface area contributed by atoms with Crippen molar-refractivity contribution in [3.63, 3.8) is 0 Å². The van der Waals surface area contributed by atoms with Gasteiger partial charge in [0.2, 0.25) is 0 Å². The van der Waals surface area contributed by atoms with Crippen molar-refractivity contribution >= 4 is 23.3 Å². The van der Waals surface area contributed by atoms with Crippen LogP contribution in [0.2, 0.25) is 5.02 Å². The number of aryl methyl sites for hydroxylation is 1. The highest BCUT2D eigenvalue weighted by Gasteiger charge is 2.15. The average Bonchev–Trinajstić information content (AvgIpc) is 3.18. The lowest BCUT2D eigenvalue weighted by molar-refractivity contribution is 0.0947. The molecular weight excluding hydrogens is 419 g/mol. The topological polar surface area (TPSA) is 98.7 Å². The number of nitrogens with two attached hydrogens (primary N) is 1. The molecule has 7 nitrogen and oxygen atoms in total. The molecule has 0 radical (unpaired) electrons. The van der Waals surface area contributed by atoms with Crippen molar-refractivity contribution < 1.29 is 9.18 Å². The molecular formula is C22H18ClFN6O. The van der Waals surface area contributed by atoms with Gasteiger partial charge in [0.05, 0.1) is 5.56 Å². The molecule has 2 aromatic carbocycles. The zero-order valence-corrected chi connectivity index (χ0v) is 17.3. The van der Waals surface area contributed by atoms with E-state index in [9.17, 15) is 9.18 Å². The molecule has 0 aliphatic carbocycles. The summed E-state index contributed by atoms with van der Waals surface area (Å²) in [6.45, 7) is 0.233. The molecule has 0 fully saturated rings. The Hall–Kier alpha value is -3.78. The van der Waals surface area contributed by atoms with E-state index < -0.39 is 11.7 Å². The average molecular weight is 437 g/mol. The molecule has 3 N–H and O–H groups in total. The largest absolute Gasteiger partial charge is 0.383 e. The van der Waals surface area contributed by atoms with E-state index in [0.717, 1.165) is 5.56 Å². The van der Waals surface area contributed by atoms with Gasteiger partial charge in [0.25, 0.3) is 5.91 Å². The number of halogens is 2. The summed E-state index contributed by atoms with van der Waals surface area (Å²) in [5.74, 6) is -0.345. The number of anilines is 1. The molecule has 4 rings (SSSR count). The number of carbonyl (C=O) groups excluding carboxylic acids is 1. The van der Waals surface area contributed by atoms with E-state index in [4.69, 9.17) is 17.3 Å². The summed E-state index contributed by atoms with van der Waals surface area (Å²) in [4.78, 5) is 16.6. The van der Waals surface area contributed by atoms with E-state index >= 15 is 0 Å². The molecule has 2 heterocycles. The number of nitrogen functional groups attached to an aromatic ring is 1. The summed E-state index contributed by atoms with van der Waals surface area (Å²) in [6, 6.07) is 13.2. The second-order valence-electron chi connectivity index (χ2n) is 6.93. The summed E-state index contributed by atoms with van der Waals surface area (Å²) in [5.41, 5.74) is 8.49. The smallest absolute Gasteiger partial charge is 0.254 e. The number of nitrogens with one attached hydrogen (secondary N) is 1. The third-order valence-corrected chi connectivity index (χ3v) is 4.99. The van der Waals surface area contributed by atoms with Crippen molar-refractivity contribution in [1.29, 1.82) is 0 Å². The highest BCUT2D eigenvalue weighted by Crippen LogP contribution is 2.30. The van der Waals surface area contributed by atoms with Crippen LogP contribution >= 0.6 is 11.6 Å². The molecule has 9 heteroatoms. The van der Waals surface area contributed by atoms with Gasteiger partial charge in [-0.3, -0.25) is 4.79 Å². The first kappa shape index (κ1) is 20.5. The van der Waals surface area contributed by atoms with Crippen LogP contribution < -0.4 is 11.1 Å². The number of aromatic nitrogens is 4. The van der Waals surface area contributed by atoms with Crippen molar-refractivity contribution in [2.75, 3.05) is 5.73 Å². The lowest BCUT2D eigenvalue weighted by atomic mass is 10.0. The minimum atomic E-state index is -0.662. The Balaban J connectivity index is 1.57. The Labute approximate surface area is 182 Å². The molecule has 0 bridgehead atoms. The van der Waals surface area contributed by atoms with Crippen LogP contribution in [0, 0.1) is 5.82 Å². The van der Waals surface area contributed by atoms with Crippen LogP contribution in [0.1, 0.15) is 15.9 Å². The fraction of sp³-hybridized carbons (Fsp3) is 0.0909. The summed E-state index contributed by atoms with van der Waals surface area (Å²) in [5, 5.41) is 11.2. The van der Waals surface area contributed by atoms with Crippen LogP contribution in [-0.4, -0.2) is 25.7 Å². The summed E-state index contributed by atoms with van der Waals surface area (Å²) in [6.07, 6.45) is 3.15. The van der Waals surface area contributed by atoms with Crippen molar-refractivity contribution in [2.45, 2.75) is 6.54 Å². The first-order valence-corrected chi connectivity index (χ1v) is 9.72. The van der Waals surface area contributed by atoms with E-state index in [1.165, 1.54) is 12.1 Å². The highest BCUT2D eigenvalue weighted by molar-refractivity contribution is 6.30. The van der Waals surface area contributed by atoms with Crippen LogP contribution in [0.25, 0.3) is 22.5 Å². The maximum Gasteiger partial charge on any atom is 0.254 e. The minimum Gasteiger partial charge on any atom is -0.383 e. The van der Waals surface area contributed by atoms with Gasteiger partial charge in [-0.2, -0.15) is 0 Å². The maximum atomic E-state index is 14.8. The van der Waals surface area contributed by atoms with Gasteiger partial charge in [0, 0.05) is 35.9 Å². The second-order valence-corrected chi connectivity index (χ2v) is 7.37. The third-order valence-electron chi connectivity index (χ3n) is 4.75. The molecule has 2 aromatic heterocycles. The number of amides is 1. The standard InChI is InChI=1S/C22H18ClFN6O/c1-30-12-28-29-21(30)15-8-18(20(25)26-11-15)14-5-6-17(19(24)9-14)22(31)27-10-13-3-2-4-16(23)7-13/h2-9,11-12H,10H2,1H3,(H2,25,26)(H,27,31). The molecule has 31 heavy (non-hydrogen) atoms. The molecule has 0 aliphatic heterocycles. The van der Waals surface area contributed by atoms with Crippen molar-refractivity contribution in [3.8, 4) is 22.5 Å². The summed E-state index contributed by atoms with van der Waals surface area (Å²) in [7, 11) is 1.81. The van der Waals surface area contributed by atoms with Gasteiger partial charge in [0.1, 0.15) is 18.0 Å². The van der Waals surface area contributed by atoms with Crippen LogP contribution in [-0.2, 0) is 13.6 Å². The normalized spacial score (nSPS) is 10.8. The van der Waals surface area contributed by atoms with Gasteiger partial charge >= 0.3 is 0 Å². The molecule has 0 saturated carbocycles. The predicted molar refractivity (Wildman–Crippen MR) is 117 cm³/mol. The van der Waals surface area contributed by atoms with E-state index in [2.05, 4.69) is 20.5 Å². The molecule has 156 valence electrons. The predicted octanol–water partition coefficient (Wildman–Crippen LogP) is 3.85. The van der Waals surface area contributed by atoms with Crippen LogP contribution in [0.3, 0.4) is 0 Å². The Bertz CT molecular complexity index is 1270. The van der Waals surface area contributed by atoms with E-state index in [-0.39, 0.29) is 17.9 Å². The zero-order valence-electron chi connectivity index (χ0n) is 16.5. The fourth-order valence-electron chi connectivity index (χ4n) is 3.16. The Morgan fingerprint density at radius 2 is 2.03 bits per heavy atom. The summed E-state index contributed by atoms with van der Waals surface area (Å²) >= 11 is 5.95. The highest BCUT2D eigenvalue weighted by atomic mass is 35.5. The van der Waals surface area contributed by atoms with Crippen molar-refractivity contribution in [3.05, 3.63) is 83.0 Å². The minimum absolute atomic E-state index is 0.0678. The Morgan fingerprint density at radius 3 is 2.74 bits per heavy atom. The number of nitrogens with zero attached hydrogens (tertiary/aromatic N) is 4. The number of pyridine rings is 1. The number of benzene rings is 2. The lowest BCUT2D eigenvalue weighted by Crippen LogP contribution is -2.23. The molecule has 0 unspecified atom stereocenters. The van der Waals surface area contributed by atoms with E-state index in [1.54, 1.807) is 47.4 Å². The second kappa shape index (κ2) is 8.53. The molecule has 0 atom stereocenters. The lowest BCUT2D eigenvalue weighted by Gasteiger charge is -2.10. The Kier molecular flexibility index (Phi) is 5.64. The van der Waals surface area contributed by atoms with Crippen molar-refractivity contribution in [1.82, 2.24) is 25.1 Å². The first-order valence-electron chi connectivity index (χ1n) is 9.35. The Morgan fingerprint density at radius 1 is 1.19 bits per heavy atom. The summed E-state index contributed by atoms with van der Waals surface area (Å²) < 4.78 is 16.5. The number of hydrogen-bond acceptors (Lipinski definition) is 5. The fourth-order valence-corrected chi connectivity index (χ4v) is 3.38. The van der Waals surface area contributed by atoms with Gasteiger partial charge in [-0.25, -0.2) is 9.37 Å². The first-order chi connectivity index (χ1) is 14.9. The van der Waals surface area contributed by atoms with Crippen LogP contribution in [0.15, 0.2) is 61.1 Å². The van der Waals surface area contributed by atoms with Crippen LogP contribution in [0.4, 0.5) is 10.2 Å². The van der Waals surface area contributed by atoms with Gasteiger partial charge in [-0.15, -0.1) is 10.2 Å². The molecule has 0 spiro atoms. The monoisotopic (exact) mass is 436 g/mol. The number of rotatable bonds is 5. The molecule has 1 amide bonds. The zero-order chi connectivity index (χ0) is 22.0. The van der Waals surface area contributed by atoms with Gasteiger partial charge in [-0.05, 0) is 41.5 Å². The maximum absolute atomic E-state index is 14.8. The molecule has 0 saturated heterocycles. The number of carbonyl (C=O) groups is 1. The quantitative estimate of drug-likeness (QED) is 0.495. The van der Waals surface area contributed by atoms with Gasteiger partial charge < -0.3 is 15.6 Å². The number of hydrogen-bond donors (Lipinski definition) is 2. The molecule has 4 aromatic rings. The van der Waals surface area contributed by atoms with E-state index in [0.29, 0.717) is 27.5 Å².